The number of imidazole rings is 1. The zero-order valence-electron chi connectivity index (χ0n) is 7.36. The summed E-state index contributed by atoms with van der Waals surface area (Å²) in [5.74, 6) is -0.990. The third-order valence-corrected chi connectivity index (χ3v) is 3.69. The van der Waals surface area contributed by atoms with Crippen LogP contribution < -0.4 is 0 Å². The van der Waals surface area contributed by atoms with E-state index in [-0.39, 0.29) is 21.8 Å². The van der Waals surface area contributed by atoms with Gasteiger partial charge in [-0.1, -0.05) is 34.8 Å². The average molecular weight is 303 g/mol. The molecule has 0 fully saturated rings. The predicted octanol–water partition coefficient (Wildman–Crippen LogP) is 2.85. The number of aromatic nitrogens is 2. The van der Waals surface area contributed by atoms with Gasteiger partial charge >= 0.3 is 5.97 Å². The predicted molar refractivity (Wildman–Crippen MR) is 60.4 cm³/mol. The van der Waals surface area contributed by atoms with Gasteiger partial charge in [0.25, 0.3) is 0 Å². The van der Waals surface area contributed by atoms with E-state index in [1.165, 1.54) is 10.8 Å². The summed E-state index contributed by atoms with van der Waals surface area (Å²) in [6, 6.07) is 0. The molecule has 1 aliphatic rings. The van der Waals surface area contributed by atoms with E-state index >= 15 is 0 Å². The van der Waals surface area contributed by atoms with Gasteiger partial charge in [0.2, 0.25) is 0 Å². The number of carboxylic acid groups (broad SMARTS) is 1. The minimum absolute atomic E-state index is 0.00479. The van der Waals surface area contributed by atoms with E-state index in [0.29, 0.717) is 0 Å². The van der Waals surface area contributed by atoms with Crippen LogP contribution in [-0.4, -0.2) is 25.0 Å². The number of nitrogens with zero attached hydrogens (tertiary/aromatic N) is 3. The summed E-state index contributed by atoms with van der Waals surface area (Å²) in [4.78, 5) is 14.5. The fourth-order valence-electron chi connectivity index (χ4n) is 1.21. The summed E-state index contributed by atoms with van der Waals surface area (Å²) in [7, 11) is 0. The standard InChI is InChI=1S/C7H3Cl4N3O2/c8-3-4(9)14(11)5(10)6-12-2(7(15)16)1-13(3)6/h1,5H,(H,15,16). The Bertz CT molecular complexity index is 498. The third-order valence-electron chi connectivity index (χ3n) is 1.93. The monoisotopic (exact) mass is 301 g/mol. The number of hydrogen-bond donors (Lipinski definition) is 1. The lowest BCUT2D eigenvalue weighted by molar-refractivity contribution is 0.0691. The molecular formula is C7H3Cl4N3O2. The van der Waals surface area contributed by atoms with Crippen molar-refractivity contribution in [1.29, 1.82) is 0 Å². The second-order valence-corrected chi connectivity index (χ2v) is 4.38. The largest absolute Gasteiger partial charge is 0.476 e. The van der Waals surface area contributed by atoms with Gasteiger partial charge < -0.3 is 5.11 Å². The quantitative estimate of drug-likeness (QED) is 0.492. The van der Waals surface area contributed by atoms with E-state index in [0.717, 1.165) is 4.42 Å². The van der Waals surface area contributed by atoms with Gasteiger partial charge in [-0.15, -0.1) is 0 Å². The van der Waals surface area contributed by atoms with E-state index in [4.69, 9.17) is 51.7 Å². The summed E-state index contributed by atoms with van der Waals surface area (Å²) < 4.78 is 2.25. The van der Waals surface area contributed by atoms with Crippen molar-refractivity contribution in [2.45, 2.75) is 5.50 Å². The number of hydrogen-bond acceptors (Lipinski definition) is 3. The molecule has 0 spiro atoms. The molecule has 5 nitrogen and oxygen atoms in total. The van der Waals surface area contributed by atoms with Crippen LogP contribution in [0.2, 0.25) is 0 Å². The summed E-state index contributed by atoms with van der Waals surface area (Å²) in [6.07, 6.45) is 1.22. The maximum absolute atomic E-state index is 10.7. The zero-order chi connectivity index (χ0) is 12.0. The molecule has 1 aromatic heterocycles. The Balaban J connectivity index is 2.62. The fraction of sp³-hybridized carbons (Fsp3) is 0.143. The van der Waals surface area contributed by atoms with Crippen LogP contribution >= 0.6 is 46.6 Å². The molecule has 16 heavy (non-hydrogen) atoms. The first-order chi connectivity index (χ1) is 7.43. The first-order valence-corrected chi connectivity index (χ1v) is 5.44. The van der Waals surface area contributed by atoms with Crippen molar-refractivity contribution in [3.05, 3.63) is 22.9 Å². The van der Waals surface area contributed by atoms with Crippen molar-refractivity contribution < 1.29 is 9.90 Å². The molecule has 0 saturated carbocycles. The van der Waals surface area contributed by atoms with Crippen LogP contribution in [0, 0.1) is 0 Å². The van der Waals surface area contributed by atoms with Crippen LogP contribution in [0.15, 0.2) is 11.4 Å². The third kappa shape index (κ3) is 1.64. The number of carbonyl (C=O) groups is 1. The number of carboxylic acids is 1. The van der Waals surface area contributed by atoms with Crippen LogP contribution in [0.4, 0.5) is 0 Å². The molecule has 1 unspecified atom stereocenters. The van der Waals surface area contributed by atoms with Crippen LogP contribution in [0.3, 0.4) is 0 Å². The van der Waals surface area contributed by atoms with Crippen LogP contribution in [0.5, 0.6) is 0 Å². The molecular weight excluding hydrogens is 300 g/mol. The van der Waals surface area contributed by atoms with E-state index in [1.807, 2.05) is 0 Å². The normalized spacial score (nSPS) is 20.0. The number of alkyl halides is 1. The number of aromatic carboxylic acids is 1. The Morgan fingerprint density at radius 3 is 2.62 bits per heavy atom. The Labute approximate surface area is 110 Å². The maximum atomic E-state index is 10.7. The number of rotatable bonds is 1. The maximum Gasteiger partial charge on any atom is 0.356 e. The fourth-order valence-corrected chi connectivity index (χ4v) is 2.14. The molecule has 0 radical (unpaired) electrons. The van der Waals surface area contributed by atoms with Crippen molar-refractivity contribution in [1.82, 2.24) is 14.0 Å². The van der Waals surface area contributed by atoms with E-state index in [1.54, 1.807) is 0 Å². The van der Waals surface area contributed by atoms with Crippen LogP contribution in [0.1, 0.15) is 21.8 Å². The number of fused-ring (bicyclic) bond motifs is 1. The van der Waals surface area contributed by atoms with Gasteiger partial charge in [-0.3, -0.25) is 4.57 Å². The van der Waals surface area contributed by atoms with Gasteiger partial charge in [-0.2, -0.15) is 0 Å². The molecule has 1 aromatic rings. The summed E-state index contributed by atoms with van der Waals surface area (Å²) >= 11 is 23.3. The smallest absolute Gasteiger partial charge is 0.356 e. The van der Waals surface area contributed by atoms with E-state index < -0.39 is 11.5 Å². The van der Waals surface area contributed by atoms with E-state index in [9.17, 15) is 4.79 Å². The second kappa shape index (κ2) is 4.00. The summed E-state index contributed by atoms with van der Waals surface area (Å²) in [5, 5.41) is 8.83. The van der Waals surface area contributed by atoms with Gasteiger partial charge in [0.15, 0.2) is 27.3 Å². The van der Waals surface area contributed by atoms with Crippen molar-refractivity contribution in [2.75, 3.05) is 0 Å². The lowest BCUT2D eigenvalue weighted by Gasteiger charge is -2.26. The Hall–Kier alpha value is -0.620. The molecule has 9 heteroatoms. The highest BCUT2D eigenvalue weighted by molar-refractivity contribution is 6.53. The molecule has 0 aliphatic carbocycles. The average Bonchev–Trinajstić information content (AvgIpc) is 2.68. The molecule has 0 aromatic carbocycles. The highest BCUT2D eigenvalue weighted by Gasteiger charge is 2.32. The summed E-state index contributed by atoms with van der Waals surface area (Å²) in [5.41, 5.74) is -1.07. The highest BCUT2D eigenvalue weighted by Crippen LogP contribution is 2.40. The first-order valence-electron chi connectivity index (χ1n) is 3.90. The molecule has 0 amide bonds. The molecule has 0 saturated heterocycles. The Kier molecular flexibility index (Phi) is 2.96. The summed E-state index contributed by atoms with van der Waals surface area (Å²) in [6.45, 7) is 0. The van der Waals surface area contributed by atoms with E-state index in [2.05, 4.69) is 4.98 Å². The second-order valence-electron chi connectivity index (χ2n) is 2.89. The van der Waals surface area contributed by atoms with Crippen LogP contribution in [-0.2, 0) is 0 Å². The Morgan fingerprint density at radius 1 is 1.44 bits per heavy atom. The SMILES string of the molecule is O=C(O)c1cn2c(n1)C(Cl)N(Cl)C(Cl)=C2Cl. The van der Waals surface area contributed by atoms with Gasteiger partial charge in [0, 0.05) is 18.0 Å². The number of halogens is 4. The van der Waals surface area contributed by atoms with Crippen LogP contribution in [0.25, 0.3) is 5.16 Å². The van der Waals surface area contributed by atoms with Gasteiger partial charge in [0.1, 0.15) is 0 Å². The van der Waals surface area contributed by atoms with Crippen molar-refractivity contribution in [2.24, 2.45) is 0 Å². The highest BCUT2D eigenvalue weighted by atomic mass is 35.5. The van der Waals surface area contributed by atoms with Crippen molar-refractivity contribution in [3.63, 3.8) is 0 Å². The first kappa shape index (κ1) is 11.9. The molecule has 86 valence electrons. The molecule has 1 N–H and O–H groups in total. The topological polar surface area (TPSA) is 58.4 Å². The van der Waals surface area contributed by atoms with Crippen molar-refractivity contribution >= 4 is 57.7 Å². The van der Waals surface area contributed by atoms with Gasteiger partial charge in [-0.05, 0) is 0 Å². The van der Waals surface area contributed by atoms with Gasteiger partial charge in [0.05, 0.1) is 0 Å². The molecule has 1 atom stereocenters. The molecule has 0 bridgehead atoms. The molecule has 2 heterocycles. The van der Waals surface area contributed by atoms with Crippen molar-refractivity contribution in [3.8, 4) is 0 Å². The van der Waals surface area contributed by atoms with Gasteiger partial charge in [-0.25, -0.2) is 14.2 Å². The minimum Gasteiger partial charge on any atom is -0.476 e. The Morgan fingerprint density at radius 2 is 2.06 bits per heavy atom. The molecule has 2 rings (SSSR count). The minimum atomic E-state index is -1.19. The molecule has 1 aliphatic heterocycles. The lowest BCUT2D eigenvalue weighted by atomic mass is 10.5. The lowest BCUT2D eigenvalue weighted by Crippen LogP contribution is -2.22. The zero-order valence-corrected chi connectivity index (χ0v) is 10.4.